The Morgan fingerprint density at radius 2 is 2.27 bits per heavy atom. The summed E-state index contributed by atoms with van der Waals surface area (Å²) in [6, 6.07) is 9.92. The van der Waals surface area contributed by atoms with Crippen LogP contribution in [0.2, 0.25) is 0 Å². The second-order valence-electron chi connectivity index (χ2n) is 6.27. The van der Waals surface area contributed by atoms with Gasteiger partial charge in [0.25, 0.3) is 5.56 Å². The zero-order chi connectivity index (χ0) is 18.1. The molecule has 26 heavy (non-hydrogen) atoms. The fourth-order valence-electron chi connectivity index (χ4n) is 3.22. The van der Waals surface area contributed by atoms with E-state index in [2.05, 4.69) is 19.6 Å². The number of rotatable bonds is 5. The van der Waals surface area contributed by atoms with Crippen molar-refractivity contribution < 1.29 is 4.74 Å². The number of hydrogen-bond acceptors (Lipinski definition) is 4. The predicted molar refractivity (Wildman–Crippen MR) is 108 cm³/mol. The maximum Gasteiger partial charge on any atom is 0.262 e. The minimum atomic E-state index is 0.0763. The van der Waals surface area contributed by atoms with Crippen LogP contribution in [0.3, 0.4) is 0 Å². The molecule has 0 bridgehead atoms. The summed E-state index contributed by atoms with van der Waals surface area (Å²) in [7, 11) is 0. The van der Waals surface area contributed by atoms with Crippen molar-refractivity contribution in [1.29, 1.82) is 0 Å². The Morgan fingerprint density at radius 1 is 1.38 bits per heavy atom. The van der Waals surface area contributed by atoms with E-state index in [1.807, 2.05) is 30.3 Å². The van der Waals surface area contributed by atoms with Crippen molar-refractivity contribution >= 4 is 33.2 Å². The molecule has 0 fully saturated rings. The Labute approximate surface area is 156 Å². The van der Waals surface area contributed by atoms with E-state index in [0.29, 0.717) is 13.2 Å². The number of hydrogen-bond donors (Lipinski definition) is 0. The lowest BCUT2D eigenvalue weighted by atomic mass is 10.1. The Bertz CT molecular complexity index is 1080. The summed E-state index contributed by atoms with van der Waals surface area (Å²) in [5.41, 5.74) is 2.22. The van der Waals surface area contributed by atoms with Crippen LogP contribution in [-0.2, 0) is 13.0 Å². The van der Waals surface area contributed by atoms with Crippen molar-refractivity contribution in [3.8, 4) is 5.75 Å². The molecule has 0 saturated heterocycles. The molecule has 0 unspecified atom stereocenters. The molecule has 132 valence electrons. The van der Waals surface area contributed by atoms with E-state index in [1.165, 1.54) is 4.88 Å². The number of aromatic nitrogens is 2. The fraction of sp³-hybridized carbons (Fsp3) is 0.238. The standard InChI is InChI=1S/C21H20N2O2S/c1-3-10-25-16-7-5-6-14(12-16)11-15-8-9-23-19(15)22-20-18(21(23)24)13-17(4-2)26-20/h3,5-7,11-13H,1,4,8-10H2,2H3/b15-11+. The largest absolute Gasteiger partial charge is 0.490 e. The number of nitrogens with zero attached hydrogens (tertiary/aromatic N) is 2. The summed E-state index contributed by atoms with van der Waals surface area (Å²) < 4.78 is 7.41. The van der Waals surface area contributed by atoms with Gasteiger partial charge in [-0.15, -0.1) is 11.3 Å². The molecule has 0 spiro atoms. The lowest BCUT2D eigenvalue weighted by Gasteiger charge is -2.05. The first-order chi connectivity index (χ1) is 12.7. The molecule has 0 aliphatic carbocycles. The van der Waals surface area contributed by atoms with E-state index >= 15 is 0 Å². The molecule has 0 saturated carbocycles. The molecular weight excluding hydrogens is 344 g/mol. The maximum atomic E-state index is 12.8. The molecule has 4 rings (SSSR count). The van der Waals surface area contributed by atoms with Gasteiger partial charge < -0.3 is 4.74 Å². The van der Waals surface area contributed by atoms with Gasteiger partial charge in [0.05, 0.1) is 5.39 Å². The molecule has 1 aromatic carbocycles. The molecule has 5 heteroatoms. The van der Waals surface area contributed by atoms with E-state index in [1.54, 1.807) is 22.0 Å². The molecule has 2 aromatic heterocycles. The Hall–Kier alpha value is -2.66. The summed E-state index contributed by atoms with van der Waals surface area (Å²) in [5.74, 6) is 1.60. The minimum absolute atomic E-state index is 0.0763. The van der Waals surface area contributed by atoms with Crippen molar-refractivity contribution in [3.05, 3.63) is 69.6 Å². The molecule has 3 heterocycles. The molecule has 0 atom stereocenters. The Balaban J connectivity index is 1.75. The topological polar surface area (TPSA) is 44.1 Å². The molecule has 0 N–H and O–H groups in total. The lowest BCUT2D eigenvalue weighted by molar-refractivity contribution is 0.363. The Kier molecular flexibility index (Phi) is 4.47. The first kappa shape index (κ1) is 16.8. The highest BCUT2D eigenvalue weighted by Gasteiger charge is 2.22. The molecule has 1 aliphatic heterocycles. The van der Waals surface area contributed by atoms with Crippen LogP contribution in [0, 0.1) is 0 Å². The number of thiophene rings is 1. The van der Waals surface area contributed by atoms with Crippen LogP contribution >= 0.6 is 11.3 Å². The highest BCUT2D eigenvalue weighted by atomic mass is 32.1. The first-order valence-corrected chi connectivity index (χ1v) is 9.59. The number of aryl methyl sites for hydroxylation is 1. The third-order valence-electron chi connectivity index (χ3n) is 4.51. The van der Waals surface area contributed by atoms with Gasteiger partial charge in [0.2, 0.25) is 0 Å². The third-order valence-corrected chi connectivity index (χ3v) is 5.68. The second kappa shape index (κ2) is 6.92. The van der Waals surface area contributed by atoms with Crippen LogP contribution in [0.5, 0.6) is 5.75 Å². The van der Waals surface area contributed by atoms with Crippen molar-refractivity contribution in [2.45, 2.75) is 26.3 Å². The normalized spacial score (nSPS) is 14.7. The number of ether oxygens (including phenoxy) is 1. The van der Waals surface area contributed by atoms with E-state index in [-0.39, 0.29) is 5.56 Å². The maximum absolute atomic E-state index is 12.8. The van der Waals surface area contributed by atoms with Crippen molar-refractivity contribution in [1.82, 2.24) is 9.55 Å². The fourth-order valence-corrected chi connectivity index (χ4v) is 4.18. The average Bonchev–Trinajstić information content (AvgIpc) is 3.25. The molecule has 0 amide bonds. The van der Waals surface area contributed by atoms with Gasteiger partial charge in [-0.2, -0.15) is 0 Å². The monoisotopic (exact) mass is 364 g/mol. The molecular formula is C21H20N2O2S. The Morgan fingerprint density at radius 3 is 3.08 bits per heavy atom. The van der Waals surface area contributed by atoms with Crippen LogP contribution in [0.1, 0.15) is 29.6 Å². The summed E-state index contributed by atoms with van der Waals surface area (Å²) in [4.78, 5) is 19.6. The van der Waals surface area contributed by atoms with Crippen LogP contribution < -0.4 is 10.3 Å². The van der Waals surface area contributed by atoms with Gasteiger partial charge in [-0.1, -0.05) is 31.7 Å². The zero-order valence-electron chi connectivity index (χ0n) is 14.7. The van der Waals surface area contributed by atoms with Crippen molar-refractivity contribution in [2.24, 2.45) is 0 Å². The van der Waals surface area contributed by atoms with Gasteiger partial charge in [-0.25, -0.2) is 4.98 Å². The van der Waals surface area contributed by atoms with Gasteiger partial charge in [-0.3, -0.25) is 9.36 Å². The summed E-state index contributed by atoms with van der Waals surface area (Å²) in [6.07, 6.45) is 5.58. The molecule has 1 aliphatic rings. The third kappa shape index (κ3) is 2.99. The number of fused-ring (bicyclic) bond motifs is 2. The molecule has 3 aromatic rings. The van der Waals surface area contributed by atoms with Crippen LogP contribution in [-0.4, -0.2) is 16.2 Å². The lowest BCUT2D eigenvalue weighted by Crippen LogP contribution is -2.19. The van der Waals surface area contributed by atoms with Gasteiger partial charge in [0.1, 0.15) is 23.0 Å². The smallest absolute Gasteiger partial charge is 0.262 e. The van der Waals surface area contributed by atoms with E-state index in [4.69, 9.17) is 9.72 Å². The predicted octanol–water partition coefficient (Wildman–Crippen LogP) is 4.53. The van der Waals surface area contributed by atoms with E-state index < -0.39 is 0 Å². The van der Waals surface area contributed by atoms with E-state index in [0.717, 1.165) is 45.8 Å². The number of allylic oxidation sites excluding steroid dienone is 1. The highest BCUT2D eigenvalue weighted by molar-refractivity contribution is 7.18. The van der Waals surface area contributed by atoms with Gasteiger partial charge in [-0.05, 0) is 48.3 Å². The SMILES string of the molecule is C=CCOc1cccc(/C=C2\CCn3c2nc2sc(CC)cc2c3=O)c1. The van der Waals surface area contributed by atoms with Gasteiger partial charge >= 0.3 is 0 Å². The molecule has 4 nitrogen and oxygen atoms in total. The van der Waals surface area contributed by atoms with Crippen LogP contribution in [0.15, 0.2) is 47.8 Å². The van der Waals surface area contributed by atoms with Crippen LogP contribution in [0.25, 0.3) is 21.9 Å². The average molecular weight is 364 g/mol. The van der Waals surface area contributed by atoms with E-state index in [9.17, 15) is 4.79 Å². The second-order valence-corrected chi connectivity index (χ2v) is 7.38. The first-order valence-electron chi connectivity index (χ1n) is 8.77. The van der Waals surface area contributed by atoms with Crippen molar-refractivity contribution in [2.75, 3.05) is 6.61 Å². The summed E-state index contributed by atoms with van der Waals surface area (Å²) in [5, 5.41) is 0.747. The quantitative estimate of drug-likeness (QED) is 0.625. The van der Waals surface area contributed by atoms with Gasteiger partial charge in [0, 0.05) is 11.4 Å². The number of benzene rings is 1. The zero-order valence-corrected chi connectivity index (χ0v) is 15.5. The summed E-state index contributed by atoms with van der Waals surface area (Å²) in [6.45, 7) is 6.94. The van der Waals surface area contributed by atoms with Crippen molar-refractivity contribution in [3.63, 3.8) is 0 Å². The molecule has 0 radical (unpaired) electrons. The van der Waals surface area contributed by atoms with Crippen LogP contribution in [0.4, 0.5) is 0 Å². The van der Waals surface area contributed by atoms with Gasteiger partial charge in [0.15, 0.2) is 0 Å². The summed E-state index contributed by atoms with van der Waals surface area (Å²) >= 11 is 1.62. The highest BCUT2D eigenvalue weighted by Crippen LogP contribution is 2.30. The minimum Gasteiger partial charge on any atom is -0.490 e.